The van der Waals surface area contributed by atoms with Gasteiger partial charge in [-0.25, -0.2) is 4.79 Å². The summed E-state index contributed by atoms with van der Waals surface area (Å²) in [6, 6.07) is 7.94. The highest BCUT2D eigenvalue weighted by atomic mass is 16.5. The lowest BCUT2D eigenvalue weighted by atomic mass is 10.2. The fourth-order valence-corrected chi connectivity index (χ4v) is 1.35. The van der Waals surface area contributed by atoms with Crippen LogP contribution in [0.3, 0.4) is 0 Å². The van der Waals surface area contributed by atoms with E-state index >= 15 is 0 Å². The van der Waals surface area contributed by atoms with Crippen LogP contribution in [-0.4, -0.2) is 18.7 Å². The molecular formula is C13H20N2O2. The van der Waals surface area contributed by atoms with Crippen LogP contribution in [0.5, 0.6) is 0 Å². The lowest BCUT2D eigenvalue weighted by molar-refractivity contribution is 0.137. The first-order valence-electron chi connectivity index (χ1n) is 5.88. The van der Waals surface area contributed by atoms with Gasteiger partial charge in [0, 0.05) is 18.3 Å². The van der Waals surface area contributed by atoms with Gasteiger partial charge in [0.15, 0.2) is 0 Å². The molecule has 1 aromatic carbocycles. The van der Waals surface area contributed by atoms with E-state index in [1.54, 1.807) is 0 Å². The Morgan fingerprint density at radius 3 is 2.47 bits per heavy atom. The highest BCUT2D eigenvalue weighted by Crippen LogP contribution is 2.10. The van der Waals surface area contributed by atoms with Crippen LogP contribution in [0.1, 0.15) is 26.3 Å². The maximum Gasteiger partial charge on any atom is 0.407 e. The molecule has 17 heavy (non-hydrogen) atoms. The first kappa shape index (κ1) is 13.4. The summed E-state index contributed by atoms with van der Waals surface area (Å²) in [4.78, 5) is 11.3. The zero-order chi connectivity index (χ0) is 12.7. The molecule has 0 aromatic heterocycles. The molecule has 0 aliphatic carbocycles. The fourth-order valence-electron chi connectivity index (χ4n) is 1.35. The number of anilines is 1. The first-order valence-corrected chi connectivity index (χ1v) is 5.88. The van der Waals surface area contributed by atoms with Crippen LogP contribution < -0.4 is 10.6 Å². The molecule has 0 atom stereocenters. The molecule has 0 aliphatic heterocycles. The van der Waals surface area contributed by atoms with Gasteiger partial charge in [-0.2, -0.15) is 0 Å². The van der Waals surface area contributed by atoms with Crippen molar-refractivity contribution in [2.45, 2.75) is 33.4 Å². The molecule has 0 aliphatic rings. The van der Waals surface area contributed by atoms with Gasteiger partial charge in [0.2, 0.25) is 0 Å². The number of hydrogen-bond acceptors (Lipinski definition) is 3. The Bertz CT molecular complexity index is 347. The molecule has 94 valence electrons. The molecule has 0 radical (unpaired) electrons. The van der Waals surface area contributed by atoms with E-state index in [0.29, 0.717) is 6.61 Å². The van der Waals surface area contributed by atoms with Crippen molar-refractivity contribution in [3.63, 3.8) is 0 Å². The summed E-state index contributed by atoms with van der Waals surface area (Å²) in [7, 11) is 0. The third-order valence-electron chi connectivity index (χ3n) is 2.11. The van der Waals surface area contributed by atoms with E-state index in [1.807, 2.05) is 45.0 Å². The molecular weight excluding hydrogens is 216 g/mol. The molecule has 2 N–H and O–H groups in total. The minimum Gasteiger partial charge on any atom is -0.445 e. The smallest absolute Gasteiger partial charge is 0.407 e. The van der Waals surface area contributed by atoms with Crippen molar-refractivity contribution < 1.29 is 9.53 Å². The van der Waals surface area contributed by atoms with Crippen LogP contribution in [0, 0.1) is 0 Å². The number of carbonyl (C=O) groups is 1. The van der Waals surface area contributed by atoms with E-state index in [4.69, 9.17) is 4.74 Å². The number of carbonyl (C=O) groups excluding carboxylic acids is 1. The van der Waals surface area contributed by atoms with E-state index < -0.39 is 0 Å². The van der Waals surface area contributed by atoms with Crippen LogP contribution in [0.2, 0.25) is 0 Å². The van der Waals surface area contributed by atoms with Crippen LogP contribution in [-0.2, 0) is 11.3 Å². The zero-order valence-electron chi connectivity index (χ0n) is 10.6. The Morgan fingerprint density at radius 1 is 1.29 bits per heavy atom. The van der Waals surface area contributed by atoms with Crippen molar-refractivity contribution in [3.05, 3.63) is 29.8 Å². The lowest BCUT2D eigenvalue weighted by Gasteiger charge is -2.09. The first-order chi connectivity index (χ1) is 8.11. The Balaban J connectivity index is 2.39. The average Bonchev–Trinajstić information content (AvgIpc) is 2.28. The highest BCUT2D eigenvalue weighted by Gasteiger charge is 2.03. The third kappa shape index (κ3) is 5.24. The highest BCUT2D eigenvalue weighted by molar-refractivity contribution is 5.67. The summed E-state index contributed by atoms with van der Waals surface area (Å²) in [6.07, 6.45) is -0.379. The summed E-state index contributed by atoms with van der Waals surface area (Å²) in [5, 5.41) is 5.88. The fraction of sp³-hybridized carbons (Fsp3) is 0.462. The molecule has 0 unspecified atom stereocenters. The minimum atomic E-state index is -0.379. The summed E-state index contributed by atoms with van der Waals surface area (Å²) < 4.78 is 5.07. The molecule has 1 rings (SSSR count). The van der Waals surface area contributed by atoms with Crippen molar-refractivity contribution in [1.29, 1.82) is 0 Å². The molecule has 0 bridgehead atoms. The predicted octanol–water partition coefficient (Wildman–Crippen LogP) is 2.75. The third-order valence-corrected chi connectivity index (χ3v) is 2.11. The lowest BCUT2D eigenvalue weighted by Crippen LogP contribution is -2.30. The number of alkyl carbamates (subject to hydrolysis) is 1. The normalized spacial score (nSPS) is 10.1. The molecule has 0 spiro atoms. The topological polar surface area (TPSA) is 50.4 Å². The molecule has 0 heterocycles. The number of hydrogen-bond donors (Lipinski definition) is 2. The van der Waals surface area contributed by atoms with Gasteiger partial charge >= 0.3 is 6.09 Å². The van der Waals surface area contributed by atoms with E-state index in [2.05, 4.69) is 10.6 Å². The number of ether oxygens (including phenoxy) is 1. The summed E-state index contributed by atoms with van der Waals surface area (Å²) in [5.41, 5.74) is 2.05. The van der Waals surface area contributed by atoms with Crippen LogP contribution in [0.25, 0.3) is 0 Å². The number of nitrogens with one attached hydrogen (secondary N) is 2. The number of amides is 1. The second-order valence-corrected chi connectivity index (χ2v) is 4.10. The largest absolute Gasteiger partial charge is 0.445 e. The van der Waals surface area contributed by atoms with E-state index in [1.165, 1.54) is 0 Å². The maximum atomic E-state index is 11.3. The molecule has 1 aromatic rings. The zero-order valence-corrected chi connectivity index (χ0v) is 10.6. The van der Waals surface area contributed by atoms with Gasteiger partial charge in [0.1, 0.15) is 6.61 Å². The standard InChI is InChI=1S/C13H20N2O2/c1-4-14-12-7-5-11(6-8-12)9-17-13(16)15-10(2)3/h5-8,10,14H,4,9H2,1-3H3,(H,15,16). The van der Waals surface area contributed by atoms with Crippen LogP contribution in [0.4, 0.5) is 10.5 Å². The second-order valence-electron chi connectivity index (χ2n) is 4.10. The van der Waals surface area contributed by atoms with Crippen LogP contribution in [0.15, 0.2) is 24.3 Å². The Hall–Kier alpha value is -1.71. The molecule has 0 saturated heterocycles. The molecule has 4 heteroatoms. The predicted molar refractivity (Wildman–Crippen MR) is 69.1 cm³/mol. The SMILES string of the molecule is CCNc1ccc(COC(=O)NC(C)C)cc1. The summed E-state index contributed by atoms with van der Waals surface area (Å²) in [5.74, 6) is 0. The van der Waals surface area contributed by atoms with E-state index in [0.717, 1.165) is 17.8 Å². The van der Waals surface area contributed by atoms with E-state index in [9.17, 15) is 4.79 Å². The molecule has 4 nitrogen and oxygen atoms in total. The molecule has 1 amide bonds. The van der Waals surface area contributed by atoms with Gasteiger partial charge < -0.3 is 15.4 Å². The Kier molecular flexibility index (Phi) is 5.33. The monoisotopic (exact) mass is 236 g/mol. The average molecular weight is 236 g/mol. The second kappa shape index (κ2) is 6.78. The van der Waals surface area contributed by atoms with Gasteiger partial charge in [-0.3, -0.25) is 0 Å². The Morgan fingerprint density at radius 2 is 1.94 bits per heavy atom. The van der Waals surface area contributed by atoms with Gasteiger partial charge in [0.25, 0.3) is 0 Å². The van der Waals surface area contributed by atoms with Crippen molar-refractivity contribution in [1.82, 2.24) is 5.32 Å². The van der Waals surface area contributed by atoms with Crippen molar-refractivity contribution in [2.24, 2.45) is 0 Å². The van der Waals surface area contributed by atoms with Crippen molar-refractivity contribution in [2.75, 3.05) is 11.9 Å². The summed E-state index contributed by atoms with van der Waals surface area (Å²) in [6.45, 7) is 7.03. The minimum absolute atomic E-state index is 0.0960. The maximum absolute atomic E-state index is 11.3. The van der Waals surface area contributed by atoms with E-state index in [-0.39, 0.29) is 12.1 Å². The van der Waals surface area contributed by atoms with Gasteiger partial charge in [-0.05, 0) is 38.5 Å². The molecule has 0 saturated carbocycles. The van der Waals surface area contributed by atoms with Gasteiger partial charge in [-0.1, -0.05) is 12.1 Å². The Labute approximate surface area is 102 Å². The van der Waals surface area contributed by atoms with Gasteiger partial charge in [-0.15, -0.1) is 0 Å². The van der Waals surface area contributed by atoms with Crippen molar-refractivity contribution >= 4 is 11.8 Å². The molecule has 0 fully saturated rings. The van der Waals surface area contributed by atoms with Crippen LogP contribution >= 0.6 is 0 Å². The number of rotatable bonds is 5. The van der Waals surface area contributed by atoms with Crippen molar-refractivity contribution in [3.8, 4) is 0 Å². The van der Waals surface area contributed by atoms with Gasteiger partial charge in [0.05, 0.1) is 0 Å². The summed E-state index contributed by atoms with van der Waals surface area (Å²) >= 11 is 0. The number of benzene rings is 1. The quantitative estimate of drug-likeness (QED) is 0.826.